The molecule has 0 spiro atoms. The first-order chi connectivity index (χ1) is 12.5. The molecule has 26 heavy (non-hydrogen) atoms. The van der Waals surface area contributed by atoms with Crippen molar-refractivity contribution in [3.05, 3.63) is 40.9 Å². The van der Waals surface area contributed by atoms with Crippen LogP contribution in [-0.4, -0.2) is 54.1 Å². The number of aryl methyl sites for hydroxylation is 1. The summed E-state index contributed by atoms with van der Waals surface area (Å²) < 4.78 is 3.36. The molecule has 4 heterocycles. The van der Waals surface area contributed by atoms with Gasteiger partial charge in [0.05, 0.1) is 5.69 Å². The van der Waals surface area contributed by atoms with Gasteiger partial charge in [0.15, 0.2) is 4.96 Å². The number of aromatic nitrogens is 4. The standard InChI is InChI=1S/C17H19N5O3S/c1-11-15(21-7-8-26-17(21)19-11)16(25)20-6-2-3-12(9-20)13-4-5-18-22(13)10-14(23)24/h4-5,7-8,12H,2-3,6,9-10H2,1H3,(H,23,24). The van der Waals surface area contributed by atoms with Gasteiger partial charge >= 0.3 is 5.97 Å². The summed E-state index contributed by atoms with van der Waals surface area (Å²) in [5.41, 5.74) is 2.22. The fraction of sp³-hybridized carbons (Fsp3) is 0.412. The Morgan fingerprint density at radius 2 is 2.27 bits per heavy atom. The number of rotatable bonds is 4. The first kappa shape index (κ1) is 16.8. The van der Waals surface area contributed by atoms with E-state index in [1.54, 1.807) is 6.20 Å². The molecule has 3 aromatic rings. The largest absolute Gasteiger partial charge is 0.480 e. The Balaban J connectivity index is 1.58. The molecule has 0 radical (unpaired) electrons. The van der Waals surface area contributed by atoms with Crippen LogP contribution in [0, 0.1) is 6.92 Å². The fourth-order valence-electron chi connectivity index (χ4n) is 3.65. The van der Waals surface area contributed by atoms with Crippen LogP contribution in [0.4, 0.5) is 0 Å². The number of carbonyl (C=O) groups is 2. The molecule has 8 nitrogen and oxygen atoms in total. The maximum atomic E-state index is 13.1. The molecule has 1 aliphatic rings. The van der Waals surface area contributed by atoms with E-state index in [4.69, 9.17) is 5.11 Å². The van der Waals surface area contributed by atoms with Crippen molar-refractivity contribution in [3.8, 4) is 0 Å². The van der Waals surface area contributed by atoms with Crippen LogP contribution in [0.5, 0.6) is 0 Å². The minimum atomic E-state index is -0.923. The first-order valence-corrected chi connectivity index (χ1v) is 9.37. The maximum absolute atomic E-state index is 13.1. The summed E-state index contributed by atoms with van der Waals surface area (Å²) in [6.45, 7) is 2.94. The van der Waals surface area contributed by atoms with E-state index in [-0.39, 0.29) is 18.4 Å². The molecular formula is C17H19N5O3S. The Hall–Kier alpha value is -2.68. The third-order valence-electron chi connectivity index (χ3n) is 4.80. The van der Waals surface area contributed by atoms with Crippen molar-refractivity contribution in [3.63, 3.8) is 0 Å². The molecule has 0 bridgehead atoms. The summed E-state index contributed by atoms with van der Waals surface area (Å²) in [6.07, 6.45) is 5.28. The van der Waals surface area contributed by atoms with E-state index >= 15 is 0 Å². The van der Waals surface area contributed by atoms with E-state index in [0.29, 0.717) is 18.8 Å². The van der Waals surface area contributed by atoms with Crippen LogP contribution in [0.25, 0.3) is 4.96 Å². The van der Waals surface area contributed by atoms with Gasteiger partial charge < -0.3 is 10.0 Å². The lowest BCUT2D eigenvalue weighted by Crippen LogP contribution is -2.40. The van der Waals surface area contributed by atoms with Crippen LogP contribution in [0.1, 0.15) is 40.6 Å². The zero-order valence-electron chi connectivity index (χ0n) is 14.3. The van der Waals surface area contributed by atoms with Crippen molar-refractivity contribution in [1.29, 1.82) is 0 Å². The van der Waals surface area contributed by atoms with Gasteiger partial charge in [-0.25, -0.2) is 4.98 Å². The van der Waals surface area contributed by atoms with Crippen LogP contribution in [-0.2, 0) is 11.3 Å². The summed E-state index contributed by atoms with van der Waals surface area (Å²) in [5, 5.41) is 15.1. The molecule has 4 rings (SSSR count). The van der Waals surface area contributed by atoms with Gasteiger partial charge in [-0.3, -0.25) is 18.7 Å². The number of hydrogen-bond acceptors (Lipinski definition) is 5. The number of thiazole rings is 1. The minimum Gasteiger partial charge on any atom is -0.480 e. The number of hydrogen-bond donors (Lipinski definition) is 1. The van der Waals surface area contributed by atoms with Gasteiger partial charge in [-0.1, -0.05) is 0 Å². The van der Waals surface area contributed by atoms with Crippen LogP contribution in [0.3, 0.4) is 0 Å². The van der Waals surface area contributed by atoms with Crippen molar-refractivity contribution >= 4 is 28.2 Å². The molecular weight excluding hydrogens is 354 g/mol. The molecule has 1 unspecified atom stereocenters. The van der Waals surface area contributed by atoms with E-state index in [1.807, 2.05) is 33.9 Å². The number of nitrogens with zero attached hydrogens (tertiary/aromatic N) is 5. The quantitative estimate of drug-likeness (QED) is 0.755. The lowest BCUT2D eigenvalue weighted by atomic mass is 9.94. The summed E-state index contributed by atoms with van der Waals surface area (Å²) in [5.74, 6) is -0.864. The maximum Gasteiger partial charge on any atom is 0.325 e. The molecule has 0 aliphatic carbocycles. The molecule has 1 N–H and O–H groups in total. The molecule has 136 valence electrons. The fourth-order valence-corrected chi connectivity index (χ4v) is 4.41. The van der Waals surface area contributed by atoms with Crippen LogP contribution >= 0.6 is 11.3 Å². The van der Waals surface area contributed by atoms with Crippen LogP contribution in [0.2, 0.25) is 0 Å². The molecule has 3 aromatic heterocycles. The van der Waals surface area contributed by atoms with Crippen molar-refractivity contribution in [1.82, 2.24) is 24.1 Å². The normalized spacial score (nSPS) is 17.7. The second-order valence-corrected chi connectivity index (χ2v) is 7.37. The summed E-state index contributed by atoms with van der Waals surface area (Å²) in [4.78, 5) is 31.3. The molecule has 0 saturated carbocycles. The van der Waals surface area contributed by atoms with Crippen LogP contribution < -0.4 is 0 Å². The van der Waals surface area contributed by atoms with Crippen molar-refractivity contribution in [2.75, 3.05) is 13.1 Å². The van der Waals surface area contributed by atoms with E-state index in [9.17, 15) is 9.59 Å². The Labute approximate surface area is 153 Å². The van der Waals surface area contributed by atoms with Crippen molar-refractivity contribution in [2.24, 2.45) is 0 Å². The second-order valence-electron chi connectivity index (χ2n) is 6.50. The highest BCUT2D eigenvalue weighted by Gasteiger charge is 2.30. The predicted molar refractivity (Wildman–Crippen MR) is 95.5 cm³/mol. The Morgan fingerprint density at radius 1 is 1.42 bits per heavy atom. The lowest BCUT2D eigenvalue weighted by Gasteiger charge is -2.33. The Bertz CT molecular complexity index is 972. The van der Waals surface area contributed by atoms with Crippen molar-refractivity contribution < 1.29 is 14.7 Å². The molecule has 9 heteroatoms. The zero-order valence-corrected chi connectivity index (χ0v) is 15.1. The summed E-state index contributed by atoms with van der Waals surface area (Å²) in [7, 11) is 0. The van der Waals surface area contributed by atoms with E-state index in [0.717, 1.165) is 29.2 Å². The number of fused-ring (bicyclic) bond motifs is 1. The first-order valence-electron chi connectivity index (χ1n) is 8.49. The minimum absolute atomic E-state index is 0.0256. The van der Waals surface area contributed by atoms with Gasteiger partial charge in [-0.15, -0.1) is 11.3 Å². The lowest BCUT2D eigenvalue weighted by molar-refractivity contribution is -0.137. The predicted octanol–water partition coefficient (Wildman–Crippen LogP) is 2.01. The highest BCUT2D eigenvalue weighted by molar-refractivity contribution is 7.15. The molecule has 0 aromatic carbocycles. The number of carboxylic acids is 1. The van der Waals surface area contributed by atoms with Gasteiger partial charge in [0.25, 0.3) is 5.91 Å². The number of likely N-dealkylation sites (tertiary alicyclic amines) is 1. The van der Waals surface area contributed by atoms with E-state index < -0.39 is 5.97 Å². The Kier molecular flexibility index (Phi) is 4.23. The monoisotopic (exact) mass is 373 g/mol. The number of aliphatic carboxylic acids is 1. The van der Waals surface area contributed by atoms with Gasteiger partial charge in [-0.05, 0) is 25.8 Å². The molecule has 1 amide bonds. The third-order valence-corrected chi connectivity index (χ3v) is 5.56. The second kappa shape index (κ2) is 6.56. The molecule has 1 fully saturated rings. The highest BCUT2D eigenvalue weighted by Crippen LogP contribution is 2.28. The van der Waals surface area contributed by atoms with E-state index in [1.165, 1.54) is 16.0 Å². The van der Waals surface area contributed by atoms with Gasteiger partial charge in [0.1, 0.15) is 12.2 Å². The van der Waals surface area contributed by atoms with Gasteiger partial charge in [0.2, 0.25) is 0 Å². The topological polar surface area (TPSA) is 92.7 Å². The Morgan fingerprint density at radius 3 is 3.08 bits per heavy atom. The van der Waals surface area contributed by atoms with Crippen LogP contribution in [0.15, 0.2) is 23.8 Å². The number of amides is 1. The highest BCUT2D eigenvalue weighted by atomic mass is 32.1. The molecule has 1 saturated heterocycles. The summed E-state index contributed by atoms with van der Waals surface area (Å²) in [6, 6.07) is 1.85. The number of imidazole rings is 1. The van der Waals surface area contributed by atoms with Crippen molar-refractivity contribution in [2.45, 2.75) is 32.2 Å². The molecule has 1 aliphatic heterocycles. The molecule has 1 atom stereocenters. The SMILES string of the molecule is Cc1nc2sccn2c1C(=O)N1CCCC(c2ccnn2CC(=O)O)C1. The average Bonchev–Trinajstić information content (AvgIpc) is 3.30. The number of carboxylic acid groups (broad SMARTS) is 1. The number of carbonyl (C=O) groups excluding carboxylic acids is 1. The van der Waals surface area contributed by atoms with E-state index in [2.05, 4.69) is 10.1 Å². The average molecular weight is 373 g/mol. The third kappa shape index (κ3) is 2.88. The smallest absolute Gasteiger partial charge is 0.325 e. The van der Waals surface area contributed by atoms with Gasteiger partial charge in [0, 0.05) is 42.5 Å². The zero-order chi connectivity index (χ0) is 18.3. The van der Waals surface area contributed by atoms with Gasteiger partial charge in [-0.2, -0.15) is 5.10 Å². The number of piperidine rings is 1. The summed E-state index contributed by atoms with van der Waals surface area (Å²) >= 11 is 1.51.